The summed E-state index contributed by atoms with van der Waals surface area (Å²) in [6.45, 7) is 10.3. The summed E-state index contributed by atoms with van der Waals surface area (Å²) in [4.78, 5) is 2.04. The molecule has 1 atom stereocenters. The molecule has 0 amide bonds. The second-order valence-corrected chi connectivity index (χ2v) is 5.64. The third-order valence-electron chi connectivity index (χ3n) is 3.54. The monoisotopic (exact) mass is 266 g/mol. The Kier molecular flexibility index (Phi) is 6.29. The Balaban J connectivity index is 2.88. The molecule has 19 heavy (non-hydrogen) atoms. The van der Waals surface area contributed by atoms with Crippen molar-refractivity contribution in [2.45, 2.75) is 46.7 Å². The number of rotatable bonds is 7. The lowest BCUT2D eigenvalue weighted by Gasteiger charge is -2.29. The Morgan fingerprint density at radius 3 is 2.53 bits per heavy atom. The van der Waals surface area contributed by atoms with E-state index in [9.17, 15) is 4.39 Å². The molecule has 1 aromatic carbocycles. The molecule has 0 aliphatic carbocycles. The zero-order chi connectivity index (χ0) is 14.4. The molecule has 0 bridgehead atoms. The Morgan fingerprint density at radius 1 is 1.26 bits per heavy atom. The van der Waals surface area contributed by atoms with Gasteiger partial charge in [-0.1, -0.05) is 32.9 Å². The van der Waals surface area contributed by atoms with Crippen molar-refractivity contribution in [3.63, 3.8) is 0 Å². The van der Waals surface area contributed by atoms with Gasteiger partial charge in [-0.25, -0.2) is 4.39 Å². The van der Waals surface area contributed by atoms with Crippen molar-refractivity contribution in [2.24, 2.45) is 5.92 Å². The van der Waals surface area contributed by atoms with Gasteiger partial charge in [0.05, 0.1) is 5.69 Å². The number of nitrogens with one attached hydrogen (secondary N) is 1. The van der Waals surface area contributed by atoms with Crippen LogP contribution in [-0.2, 0) is 6.54 Å². The molecule has 0 fully saturated rings. The van der Waals surface area contributed by atoms with Crippen LogP contribution >= 0.6 is 0 Å². The summed E-state index contributed by atoms with van der Waals surface area (Å²) in [6, 6.07) is 5.67. The molecule has 1 rings (SSSR count). The van der Waals surface area contributed by atoms with Crippen molar-refractivity contribution in [3.05, 3.63) is 29.6 Å². The fraction of sp³-hybridized carbons (Fsp3) is 0.625. The first-order chi connectivity index (χ1) is 8.97. The minimum absolute atomic E-state index is 0.133. The maximum atomic E-state index is 14.1. The van der Waals surface area contributed by atoms with Crippen molar-refractivity contribution in [2.75, 3.05) is 18.5 Å². The van der Waals surface area contributed by atoms with Crippen LogP contribution in [0.15, 0.2) is 18.2 Å². The number of hydrogen-bond donors (Lipinski definition) is 1. The van der Waals surface area contributed by atoms with Gasteiger partial charge in [0.15, 0.2) is 0 Å². The van der Waals surface area contributed by atoms with Gasteiger partial charge in [-0.05, 0) is 37.4 Å². The Hall–Kier alpha value is -1.09. The lowest BCUT2D eigenvalue weighted by Crippen LogP contribution is -2.31. The van der Waals surface area contributed by atoms with Crippen molar-refractivity contribution in [3.8, 4) is 0 Å². The van der Waals surface area contributed by atoms with E-state index in [2.05, 4.69) is 33.0 Å². The van der Waals surface area contributed by atoms with Crippen LogP contribution in [0.2, 0.25) is 0 Å². The van der Waals surface area contributed by atoms with Gasteiger partial charge < -0.3 is 10.2 Å². The van der Waals surface area contributed by atoms with E-state index in [0.717, 1.165) is 24.2 Å². The molecular formula is C16H27FN2. The topological polar surface area (TPSA) is 15.3 Å². The van der Waals surface area contributed by atoms with Gasteiger partial charge >= 0.3 is 0 Å². The van der Waals surface area contributed by atoms with E-state index in [1.165, 1.54) is 0 Å². The summed E-state index contributed by atoms with van der Waals surface area (Å²) in [5.41, 5.74) is 1.76. The smallest absolute Gasteiger partial charge is 0.146 e. The lowest BCUT2D eigenvalue weighted by molar-refractivity contribution is 0.547. The van der Waals surface area contributed by atoms with E-state index in [-0.39, 0.29) is 5.82 Å². The first-order valence-corrected chi connectivity index (χ1v) is 7.18. The van der Waals surface area contributed by atoms with Crippen LogP contribution < -0.4 is 10.2 Å². The van der Waals surface area contributed by atoms with Crippen LogP contribution in [-0.4, -0.2) is 19.6 Å². The number of anilines is 1. The summed E-state index contributed by atoms with van der Waals surface area (Å²) in [5.74, 6) is 0.468. The number of benzene rings is 1. The van der Waals surface area contributed by atoms with E-state index in [1.807, 2.05) is 18.0 Å². The van der Waals surface area contributed by atoms with Crippen LogP contribution in [0.4, 0.5) is 10.1 Å². The minimum Gasteiger partial charge on any atom is -0.369 e. The van der Waals surface area contributed by atoms with Gasteiger partial charge in [0, 0.05) is 19.6 Å². The van der Waals surface area contributed by atoms with E-state index < -0.39 is 0 Å². The first kappa shape index (κ1) is 16.0. The highest BCUT2D eigenvalue weighted by Crippen LogP contribution is 2.25. The standard InChI is InChI=1S/C16H27FN2/c1-6-13(4)19(5)16-14(8-7-9-15(16)17)11-18-10-12(2)3/h7-9,12-13,18H,6,10-11H2,1-5H3. The number of nitrogens with zero attached hydrogens (tertiary/aromatic N) is 1. The molecule has 108 valence electrons. The molecule has 0 aliphatic heterocycles. The Bertz CT molecular complexity index is 390. The van der Waals surface area contributed by atoms with E-state index >= 15 is 0 Å². The summed E-state index contributed by atoms with van der Waals surface area (Å²) in [7, 11) is 1.97. The second kappa shape index (κ2) is 7.49. The van der Waals surface area contributed by atoms with E-state index in [0.29, 0.717) is 18.5 Å². The highest BCUT2D eigenvalue weighted by molar-refractivity contribution is 5.55. The summed E-state index contributed by atoms with van der Waals surface area (Å²) >= 11 is 0. The molecule has 1 aromatic rings. The molecule has 0 radical (unpaired) electrons. The molecule has 0 saturated carbocycles. The average molecular weight is 266 g/mol. The molecule has 0 aromatic heterocycles. The van der Waals surface area contributed by atoms with Crippen molar-refractivity contribution in [1.29, 1.82) is 0 Å². The molecule has 0 spiro atoms. The molecule has 2 nitrogen and oxygen atoms in total. The van der Waals surface area contributed by atoms with Crippen molar-refractivity contribution < 1.29 is 4.39 Å². The second-order valence-electron chi connectivity index (χ2n) is 5.64. The normalized spacial score (nSPS) is 12.8. The van der Waals surface area contributed by atoms with Crippen LogP contribution in [0.25, 0.3) is 0 Å². The third kappa shape index (κ3) is 4.50. The predicted molar refractivity (Wildman–Crippen MR) is 81.1 cm³/mol. The molecule has 1 N–H and O–H groups in total. The Morgan fingerprint density at radius 2 is 1.95 bits per heavy atom. The lowest BCUT2D eigenvalue weighted by atomic mass is 10.1. The summed E-state index contributed by atoms with van der Waals surface area (Å²) in [5, 5.41) is 3.39. The molecule has 1 unspecified atom stereocenters. The summed E-state index contributed by atoms with van der Waals surface area (Å²) < 4.78 is 14.1. The molecule has 0 aliphatic rings. The largest absolute Gasteiger partial charge is 0.369 e. The number of hydrogen-bond acceptors (Lipinski definition) is 2. The SMILES string of the molecule is CCC(C)N(C)c1c(F)cccc1CNCC(C)C. The number of halogens is 1. The highest BCUT2D eigenvalue weighted by atomic mass is 19.1. The third-order valence-corrected chi connectivity index (χ3v) is 3.54. The fourth-order valence-electron chi connectivity index (χ4n) is 2.09. The van der Waals surface area contributed by atoms with Gasteiger partial charge in [-0.3, -0.25) is 0 Å². The van der Waals surface area contributed by atoms with Gasteiger partial charge in [0.2, 0.25) is 0 Å². The molecule has 0 saturated heterocycles. The van der Waals surface area contributed by atoms with Crippen LogP contribution in [0.3, 0.4) is 0 Å². The van der Waals surface area contributed by atoms with E-state index in [1.54, 1.807) is 12.1 Å². The van der Waals surface area contributed by atoms with Crippen LogP contribution in [0, 0.1) is 11.7 Å². The van der Waals surface area contributed by atoms with Crippen molar-refractivity contribution >= 4 is 5.69 Å². The van der Waals surface area contributed by atoms with E-state index in [4.69, 9.17) is 0 Å². The highest BCUT2D eigenvalue weighted by Gasteiger charge is 2.16. The quantitative estimate of drug-likeness (QED) is 0.807. The first-order valence-electron chi connectivity index (χ1n) is 7.18. The summed E-state index contributed by atoms with van der Waals surface area (Å²) in [6.07, 6.45) is 1.00. The van der Waals surface area contributed by atoms with Crippen LogP contribution in [0.5, 0.6) is 0 Å². The maximum absolute atomic E-state index is 14.1. The number of para-hydroxylation sites is 1. The van der Waals surface area contributed by atoms with Gasteiger partial charge in [0.1, 0.15) is 5.82 Å². The van der Waals surface area contributed by atoms with Crippen LogP contribution in [0.1, 0.15) is 39.7 Å². The minimum atomic E-state index is -0.133. The van der Waals surface area contributed by atoms with Crippen molar-refractivity contribution in [1.82, 2.24) is 5.32 Å². The van der Waals surface area contributed by atoms with Gasteiger partial charge in [0.25, 0.3) is 0 Å². The predicted octanol–water partition coefficient (Wildman–Crippen LogP) is 3.81. The molecule has 0 heterocycles. The molecular weight excluding hydrogens is 239 g/mol. The van der Waals surface area contributed by atoms with Gasteiger partial charge in [-0.2, -0.15) is 0 Å². The maximum Gasteiger partial charge on any atom is 0.146 e. The zero-order valence-corrected chi connectivity index (χ0v) is 12.8. The Labute approximate surface area is 117 Å². The molecule has 3 heteroatoms. The zero-order valence-electron chi connectivity index (χ0n) is 12.8. The fourth-order valence-corrected chi connectivity index (χ4v) is 2.09. The van der Waals surface area contributed by atoms with Gasteiger partial charge in [-0.15, -0.1) is 0 Å². The average Bonchev–Trinajstić information content (AvgIpc) is 2.37.